The fraction of sp³-hybridized carbons (Fsp3) is 0.294. The van der Waals surface area contributed by atoms with Crippen LogP contribution in [0.2, 0.25) is 0 Å². The Hall–Kier alpha value is -2.36. The van der Waals surface area contributed by atoms with Gasteiger partial charge in [0.25, 0.3) is 5.91 Å². The number of nitrogens with one attached hydrogen (secondary N) is 2. The molecule has 0 saturated heterocycles. The number of carbonyl (C=O) groups is 1. The Kier molecular flexibility index (Phi) is 5.32. The van der Waals surface area contributed by atoms with Gasteiger partial charge in [-0.1, -0.05) is 37.3 Å². The summed E-state index contributed by atoms with van der Waals surface area (Å²) >= 11 is 0. The Balaban J connectivity index is 1.97. The Morgan fingerprint density at radius 3 is 2.71 bits per heavy atom. The summed E-state index contributed by atoms with van der Waals surface area (Å²) in [6.45, 7) is 5.47. The van der Waals surface area contributed by atoms with Crippen molar-refractivity contribution in [1.82, 2.24) is 10.3 Å². The minimum Gasteiger partial charge on any atom is -0.384 e. The number of amides is 1. The first-order chi connectivity index (χ1) is 10.2. The standard InChI is InChI=1S/C17H21N3O/c1-3-18-17(21)16-11-15(9-10-19-16)20-12-13(2)14-7-5-4-6-8-14/h4-11,13H,3,12H2,1-2H3,(H,18,21)(H,19,20). The fourth-order valence-electron chi connectivity index (χ4n) is 2.09. The molecule has 110 valence electrons. The second kappa shape index (κ2) is 7.43. The van der Waals surface area contributed by atoms with Gasteiger partial charge in [0.05, 0.1) is 0 Å². The van der Waals surface area contributed by atoms with Crippen LogP contribution in [0.15, 0.2) is 48.7 Å². The number of nitrogens with zero attached hydrogens (tertiary/aromatic N) is 1. The molecular formula is C17H21N3O. The third-order valence-corrected chi connectivity index (χ3v) is 3.31. The zero-order valence-corrected chi connectivity index (χ0v) is 12.5. The van der Waals surface area contributed by atoms with Crippen molar-refractivity contribution in [3.8, 4) is 0 Å². The van der Waals surface area contributed by atoms with E-state index < -0.39 is 0 Å². The average Bonchev–Trinajstić information content (AvgIpc) is 2.54. The molecule has 0 fully saturated rings. The molecule has 1 heterocycles. The van der Waals surface area contributed by atoms with Gasteiger partial charge in [0.1, 0.15) is 5.69 Å². The zero-order chi connectivity index (χ0) is 15.1. The summed E-state index contributed by atoms with van der Waals surface area (Å²) in [5, 5.41) is 6.11. The first-order valence-electron chi connectivity index (χ1n) is 7.23. The minimum absolute atomic E-state index is 0.141. The van der Waals surface area contributed by atoms with E-state index >= 15 is 0 Å². The molecule has 21 heavy (non-hydrogen) atoms. The topological polar surface area (TPSA) is 54.0 Å². The van der Waals surface area contributed by atoms with Gasteiger partial charge in [0.2, 0.25) is 0 Å². The molecule has 0 bridgehead atoms. The smallest absolute Gasteiger partial charge is 0.269 e. The van der Waals surface area contributed by atoms with Crippen LogP contribution in [0.25, 0.3) is 0 Å². The lowest BCUT2D eigenvalue weighted by molar-refractivity contribution is 0.0951. The van der Waals surface area contributed by atoms with Gasteiger partial charge < -0.3 is 10.6 Å². The molecule has 2 rings (SSSR count). The van der Waals surface area contributed by atoms with Crippen molar-refractivity contribution in [3.05, 3.63) is 59.9 Å². The van der Waals surface area contributed by atoms with Crippen LogP contribution in [-0.4, -0.2) is 24.0 Å². The highest BCUT2D eigenvalue weighted by atomic mass is 16.1. The van der Waals surface area contributed by atoms with E-state index in [0.29, 0.717) is 18.2 Å². The highest BCUT2D eigenvalue weighted by Crippen LogP contribution is 2.16. The molecule has 1 aromatic carbocycles. The fourth-order valence-corrected chi connectivity index (χ4v) is 2.09. The van der Waals surface area contributed by atoms with Crippen LogP contribution in [0.1, 0.15) is 35.8 Å². The lowest BCUT2D eigenvalue weighted by atomic mass is 10.0. The SMILES string of the molecule is CCNC(=O)c1cc(NCC(C)c2ccccc2)ccn1. The van der Waals surface area contributed by atoms with Crippen LogP contribution >= 0.6 is 0 Å². The van der Waals surface area contributed by atoms with E-state index in [2.05, 4.69) is 34.7 Å². The number of rotatable bonds is 6. The largest absolute Gasteiger partial charge is 0.384 e. The number of hydrogen-bond acceptors (Lipinski definition) is 3. The third kappa shape index (κ3) is 4.31. The van der Waals surface area contributed by atoms with E-state index in [-0.39, 0.29) is 5.91 Å². The molecule has 1 aromatic heterocycles. The van der Waals surface area contributed by atoms with Crippen LogP contribution < -0.4 is 10.6 Å². The quantitative estimate of drug-likeness (QED) is 0.856. The maximum atomic E-state index is 11.8. The van der Waals surface area contributed by atoms with Gasteiger partial charge in [-0.3, -0.25) is 9.78 Å². The summed E-state index contributed by atoms with van der Waals surface area (Å²) in [6.07, 6.45) is 1.65. The van der Waals surface area contributed by atoms with Gasteiger partial charge in [-0.05, 0) is 30.5 Å². The van der Waals surface area contributed by atoms with Gasteiger partial charge in [-0.25, -0.2) is 0 Å². The molecule has 1 atom stereocenters. The van der Waals surface area contributed by atoms with E-state index in [1.807, 2.05) is 31.2 Å². The van der Waals surface area contributed by atoms with Crippen molar-refractivity contribution in [2.45, 2.75) is 19.8 Å². The number of carbonyl (C=O) groups excluding carboxylic acids is 1. The van der Waals surface area contributed by atoms with Gasteiger partial charge >= 0.3 is 0 Å². The molecule has 0 aliphatic rings. The van der Waals surface area contributed by atoms with Crippen LogP contribution in [-0.2, 0) is 0 Å². The van der Waals surface area contributed by atoms with Crippen molar-refractivity contribution in [1.29, 1.82) is 0 Å². The second-order valence-corrected chi connectivity index (χ2v) is 4.98. The lowest BCUT2D eigenvalue weighted by Gasteiger charge is -2.14. The molecule has 1 unspecified atom stereocenters. The molecule has 2 aromatic rings. The van der Waals surface area contributed by atoms with Crippen LogP contribution in [0.4, 0.5) is 5.69 Å². The molecule has 0 saturated carbocycles. The second-order valence-electron chi connectivity index (χ2n) is 4.98. The predicted molar refractivity (Wildman–Crippen MR) is 85.6 cm³/mol. The molecule has 0 aliphatic carbocycles. The maximum Gasteiger partial charge on any atom is 0.269 e. The number of hydrogen-bond donors (Lipinski definition) is 2. The summed E-state index contributed by atoms with van der Waals surface area (Å²) in [4.78, 5) is 15.8. The lowest BCUT2D eigenvalue weighted by Crippen LogP contribution is -2.23. The van der Waals surface area contributed by atoms with E-state index in [0.717, 1.165) is 12.2 Å². The number of aromatic nitrogens is 1. The number of anilines is 1. The zero-order valence-electron chi connectivity index (χ0n) is 12.5. The number of pyridine rings is 1. The van der Waals surface area contributed by atoms with Crippen LogP contribution in [0, 0.1) is 0 Å². The average molecular weight is 283 g/mol. The normalized spacial score (nSPS) is 11.7. The molecule has 1 amide bonds. The summed E-state index contributed by atoms with van der Waals surface area (Å²) in [5.74, 6) is 0.254. The van der Waals surface area contributed by atoms with Crippen LogP contribution in [0.5, 0.6) is 0 Å². The minimum atomic E-state index is -0.141. The monoisotopic (exact) mass is 283 g/mol. The maximum absolute atomic E-state index is 11.8. The van der Waals surface area contributed by atoms with Crippen molar-refractivity contribution in [2.24, 2.45) is 0 Å². The molecule has 4 nitrogen and oxygen atoms in total. The van der Waals surface area contributed by atoms with Gasteiger partial charge in [0, 0.05) is 25.0 Å². The Morgan fingerprint density at radius 2 is 2.00 bits per heavy atom. The van der Waals surface area contributed by atoms with E-state index in [9.17, 15) is 4.79 Å². The summed E-state index contributed by atoms with van der Waals surface area (Å²) < 4.78 is 0. The molecule has 2 N–H and O–H groups in total. The Morgan fingerprint density at radius 1 is 1.24 bits per heavy atom. The van der Waals surface area contributed by atoms with Crippen molar-refractivity contribution in [3.63, 3.8) is 0 Å². The summed E-state index contributed by atoms with van der Waals surface area (Å²) in [7, 11) is 0. The van der Waals surface area contributed by atoms with Gasteiger partial charge in [-0.2, -0.15) is 0 Å². The first kappa shape index (κ1) is 15.0. The van der Waals surface area contributed by atoms with Crippen molar-refractivity contribution < 1.29 is 4.79 Å². The van der Waals surface area contributed by atoms with Crippen LogP contribution in [0.3, 0.4) is 0 Å². The highest BCUT2D eigenvalue weighted by Gasteiger charge is 2.08. The van der Waals surface area contributed by atoms with E-state index in [1.165, 1.54) is 5.56 Å². The Labute approximate surface area is 125 Å². The molecule has 0 aliphatic heterocycles. The number of benzene rings is 1. The molecule has 4 heteroatoms. The first-order valence-corrected chi connectivity index (χ1v) is 7.23. The summed E-state index contributed by atoms with van der Waals surface area (Å²) in [5.41, 5.74) is 2.64. The van der Waals surface area contributed by atoms with E-state index in [4.69, 9.17) is 0 Å². The van der Waals surface area contributed by atoms with Gasteiger partial charge in [0.15, 0.2) is 0 Å². The third-order valence-electron chi connectivity index (χ3n) is 3.31. The highest BCUT2D eigenvalue weighted by molar-refractivity contribution is 5.93. The molecule has 0 spiro atoms. The van der Waals surface area contributed by atoms with Crippen molar-refractivity contribution >= 4 is 11.6 Å². The Bertz CT molecular complexity index is 584. The van der Waals surface area contributed by atoms with Crippen molar-refractivity contribution in [2.75, 3.05) is 18.4 Å². The summed E-state index contributed by atoms with van der Waals surface area (Å²) in [6, 6.07) is 14.0. The van der Waals surface area contributed by atoms with E-state index in [1.54, 1.807) is 12.3 Å². The molecular weight excluding hydrogens is 262 g/mol. The molecule has 0 radical (unpaired) electrons. The predicted octanol–water partition coefficient (Wildman–Crippen LogP) is 3.05. The van der Waals surface area contributed by atoms with Gasteiger partial charge in [-0.15, -0.1) is 0 Å².